The quantitative estimate of drug-likeness (QED) is 0.584. The Kier molecular flexibility index (Phi) is 3.44. The van der Waals surface area contributed by atoms with Crippen LogP contribution in [0.25, 0.3) is 0 Å². The van der Waals surface area contributed by atoms with Gasteiger partial charge in [0.1, 0.15) is 5.78 Å². The Labute approximate surface area is 50.1 Å². The van der Waals surface area contributed by atoms with Crippen LogP contribution >= 0.6 is 0 Å². The highest BCUT2D eigenvalue weighted by molar-refractivity contribution is 5.80. The Morgan fingerprint density at radius 3 is 2.38 bits per heavy atom. The minimum Gasteiger partial charge on any atom is -0.330 e. The Morgan fingerprint density at radius 2 is 2.25 bits per heavy atom. The zero-order chi connectivity index (χ0) is 6.57. The number of hydrogen-bond donors (Lipinski definition) is 1. The molecule has 2 N–H and O–H groups in total. The van der Waals surface area contributed by atoms with E-state index in [9.17, 15) is 4.79 Å². The predicted molar refractivity (Wildman–Crippen MR) is 33.5 cm³/mol. The summed E-state index contributed by atoms with van der Waals surface area (Å²) in [4.78, 5) is 10.7. The van der Waals surface area contributed by atoms with Crippen molar-refractivity contribution in [1.82, 2.24) is 0 Å². The van der Waals surface area contributed by atoms with Gasteiger partial charge in [0.05, 0.1) is 0 Å². The SMILES string of the molecule is CCC(=O)C(C)CN. The van der Waals surface area contributed by atoms with Crippen LogP contribution in [0.1, 0.15) is 20.3 Å². The summed E-state index contributed by atoms with van der Waals surface area (Å²) in [6.45, 7) is 4.19. The lowest BCUT2D eigenvalue weighted by Crippen LogP contribution is -2.19. The summed E-state index contributed by atoms with van der Waals surface area (Å²) >= 11 is 0. The highest BCUT2D eigenvalue weighted by atomic mass is 16.1. The zero-order valence-corrected chi connectivity index (χ0v) is 5.48. The summed E-state index contributed by atoms with van der Waals surface area (Å²) in [5.41, 5.74) is 5.23. The fourth-order valence-electron chi connectivity index (χ4n) is 0.480. The second-order valence-electron chi connectivity index (χ2n) is 1.96. The molecule has 0 aromatic rings. The van der Waals surface area contributed by atoms with Gasteiger partial charge in [0.15, 0.2) is 0 Å². The average Bonchev–Trinajstić information content (AvgIpc) is 1.84. The molecule has 0 heterocycles. The molecule has 0 aliphatic heterocycles. The molecule has 0 saturated carbocycles. The van der Waals surface area contributed by atoms with E-state index in [-0.39, 0.29) is 11.7 Å². The van der Waals surface area contributed by atoms with E-state index in [1.165, 1.54) is 0 Å². The van der Waals surface area contributed by atoms with Crippen LogP contribution in [-0.4, -0.2) is 12.3 Å². The number of carbonyl (C=O) groups excluding carboxylic acids is 1. The first-order chi connectivity index (χ1) is 3.72. The zero-order valence-electron chi connectivity index (χ0n) is 5.48. The average molecular weight is 115 g/mol. The van der Waals surface area contributed by atoms with Crippen LogP contribution in [0.15, 0.2) is 0 Å². The molecule has 0 fully saturated rings. The minimum atomic E-state index is 0.0556. The second-order valence-corrected chi connectivity index (χ2v) is 1.96. The number of rotatable bonds is 3. The molecule has 8 heavy (non-hydrogen) atoms. The summed E-state index contributed by atoms with van der Waals surface area (Å²) in [7, 11) is 0. The molecule has 2 heteroatoms. The molecule has 2 nitrogen and oxygen atoms in total. The van der Waals surface area contributed by atoms with E-state index in [1.807, 2.05) is 13.8 Å². The van der Waals surface area contributed by atoms with Crippen LogP contribution in [0.2, 0.25) is 0 Å². The van der Waals surface area contributed by atoms with Gasteiger partial charge < -0.3 is 5.73 Å². The normalized spacial score (nSPS) is 13.4. The fraction of sp³-hybridized carbons (Fsp3) is 0.833. The first kappa shape index (κ1) is 7.63. The van der Waals surface area contributed by atoms with Gasteiger partial charge in [-0.3, -0.25) is 4.79 Å². The number of carbonyl (C=O) groups is 1. The predicted octanol–water partition coefficient (Wildman–Crippen LogP) is 0.560. The molecule has 0 saturated heterocycles. The highest BCUT2D eigenvalue weighted by Gasteiger charge is 2.06. The highest BCUT2D eigenvalue weighted by Crippen LogP contribution is 1.95. The molecule has 0 rings (SSSR count). The Balaban J connectivity index is 3.46. The lowest BCUT2D eigenvalue weighted by molar-refractivity contribution is -0.121. The smallest absolute Gasteiger partial charge is 0.136 e. The van der Waals surface area contributed by atoms with Gasteiger partial charge in [-0.2, -0.15) is 0 Å². The molecule has 1 unspecified atom stereocenters. The van der Waals surface area contributed by atoms with E-state index in [2.05, 4.69) is 0 Å². The Morgan fingerprint density at radius 1 is 1.75 bits per heavy atom. The maximum atomic E-state index is 10.7. The molecule has 0 aliphatic carbocycles. The fourth-order valence-corrected chi connectivity index (χ4v) is 0.480. The van der Waals surface area contributed by atoms with Crippen molar-refractivity contribution in [1.29, 1.82) is 0 Å². The van der Waals surface area contributed by atoms with Crippen LogP contribution in [0.5, 0.6) is 0 Å². The van der Waals surface area contributed by atoms with Gasteiger partial charge >= 0.3 is 0 Å². The van der Waals surface area contributed by atoms with Gasteiger partial charge in [-0.1, -0.05) is 13.8 Å². The van der Waals surface area contributed by atoms with E-state index in [1.54, 1.807) is 0 Å². The third kappa shape index (κ3) is 2.07. The molecule has 0 amide bonds. The van der Waals surface area contributed by atoms with Crippen LogP contribution in [0.3, 0.4) is 0 Å². The molecular weight excluding hydrogens is 102 g/mol. The van der Waals surface area contributed by atoms with Crippen molar-refractivity contribution >= 4 is 5.78 Å². The summed E-state index contributed by atoms with van der Waals surface area (Å²) < 4.78 is 0. The maximum absolute atomic E-state index is 10.7. The second kappa shape index (κ2) is 3.61. The molecule has 0 radical (unpaired) electrons. The van der Waals surface area contributed by atoms with Crippen molar-refractivity contribution in [2.75, 3.05) is 6.54 Å². The number of nitrogens with two attached hydrogens (primary N) is 1. The van der Waals surface area contributed by atoms with Crippen molar-refractivity contribution in [3.8, 4) is 0 Å². The largest absolute Gasteiger partial charge is 0.330 e. The van der Waals surface area contributed by atoms with Crippen molar-refractivity contribution < 1.29 is 4.79 Å². The van der Waals surface area contributed by atoms with E-state index in [0.717, 1.165) is 0 Å². The third-order valence-corrected chi connectivity index (χ3v) is 1.25. The van der Waals surface area contributed by atoms with Crippen LogP contribution in [0, 0.1) is 5.92 Å². The number of ketones is 1. The molecule has 0 aromatic carbocycles. The molecule has 48 valence electrons. The molecule has 0 aromatic heterocycles. The first-order valence-electron chi connectivity index (χ1n) is 2.95. The first-order valence-corrected chi connectivity index (χ1v) is 2.95. The molecule has 0 spiro atoms. The number of Topliss-reactive ketones (excluding diaryl/α,β-unsaturated/α-hetero) is 1. The summed E-state index contributed by atoms with van der Waals surface area (Å²) in [6.07, 6.45) is 0.609. The van der Waals surface area contributed by atoms with Crippen LogP contribution in [-0.2, 0) is 4.79 Å². The van der Waals surface area contributed by atoms with Crippen molar-refractivity contribution in [2.45, 2.75) is 20.3 Å². The van der Waals surface area contributed by atoms with Crippen LogP contribution in [0.4, 0.5) is 0 Å². The van der Waals surface area contributed by atoms with E-state index in [4.69, 9.17) is 5.73 Å². The summed E-state index contributed by atoms with van der Waals surface area (Å²) in [5, 5.41) is 0. The van der Waals surface area contributed by atoms with Crippen molar-refractivity contribution in [3.63, 3.8) is 0 Å². The van der Waals surface area contributed by atoms with E-state index >= 15 is 0 Å². The maximum Gasteiger partial charge on any atom is 0.136 e. The van der Waals surface area contributed by atoms with Crippen LogP contribution < -0.4 is 5.73 Å². The molecule has 1 atom stereocenters. The van der Waals surface area contributed by atoms with Gasteiger partial charge in [0, 0.05) is 18.9 Å². The Hall–Kier alpha value is -0.370. The lowest BCUT2D eigenvalue weighted by Gasteiger charge is -2.02. The van der Waals surface area contributed by atoms with Crippen molar-refractivity contribution in [2.24, 2.45) is 11.7 Å². The monoisotopic (exact) mass is 115 g/mol. The molecular formula is C6H13NO. The minimum absolute atomic E-state index is 0.0556. The van der Waals surface area contributed by atoms with E-state index < -0.39 is 0 Å². The summed E-state index contributed by atoms with van der Waals surface area (Å²) in [5.74, 6) is 0.313. The van der Waals surface area contributed by atoms with Gasteiger partial charge in [-0.15, -0.1) is 0 Å². The topological polar surface area (TPSA) is 43.1 Å². The van der Waals surface area contributed by atoms with Crippen molar-refractivity contribution in [3.05, 3.63) is 0 Å². The lowest BCUT2D eigenvalue weighted by atomic mass is 10.1. The third-order valence-electron chi connectivity index (χ3n) is 1.25. The van der Waals surface area contributed by atoms with Gasteiger partial charge in [0.25, 0.3) is 0 Å². The van der Waals surface area contributed by atoms with Gasteiger partial charge in [-0.25, -0.2) is 0 Å². The van der Waals surface area contributed by atoms with Gasteiger partial charge in [0.2, 0.25) is 0 Å². The molecule has 0 bridgehead atoms. The summed E-state index contributed by atoms with van der Waals surface area (Å²) in [6, 6.07) is 0. The van der Waals surface area contributed by atoms with Gasteiger partial charge in [-0.05, 0) is 0 Å². The Bertz CT molecular complexity index is 80.6. The molecule has 0 aliphatic rings. The standard InChI is InChI=1S/C6H13NO/c1-3-6(8)5(2)4-7/h5H,3-4,7H2,1-2H3. The number of hydrogen-bond acceptors (Lipinski definition) is 2. The van der Waals surface area contributed by atoms with E-state index in [0.29, 0.717) is 13.0 Å².